The fraction of sp³-hybridized carbons (Fsp3) is 0.100. The third kappa shape index (κ3) is 3.27. The fourth-order valence-electron chi connectivity index (χ4n) is 1.24. The van der Waals surface area contributed by atoms with E-state index in [0.717, 1.165) is 14.4 Å². The molecule has 0 aliphatic rings. The number of amides is 1. The van der Waals surface area contributed by atoms with Crippen LogP contribution in [0.2, 0.25) is 0 Å². The number of carbonyl (C=O) groups is 1. The topological polar surface area (TPSA) is 68.9 Å². The van der Waals surface area contributed by atoms with Crippen LogP contribution in [0.15, 0.2) is 38.6 Å². The van der Waals surface area contributed by atoms with Crippen molar-refractivity contribution in [3.8, 4) is 0 Å². The zero-order chi connectivity index (χ0) is 12.3. The summed E-state index contributed by atoms with van der Waals surface area (Å²) in [6.07, 6.45) is 0. The Balaban J connectivity index is 2.23. The molecule has 1 aromatic heterocycles. The Hall–Kier alpha value is -0.920. The summed E-state index contributed by atoms with van der Waals surface area (Å²) in [4.78, 5) is 11.5. The van der Waals surface area contributed by atoms with E-state index in [4.69, 9.17) is 5.73 Å². The van der Waals surface area contributed by atoms with Gasteiger partial charge in [0.1, 0.15) is 10.8 Å². The summed E-state index contributed by atoms with van der Waals surface area (Å²) in [6, 6.07) is 7.50. The Labute approximate surface area is 115 Å². The molecule has 1 amide bonds. The number of carbonyl (C=O) groups excluding carboxylic acids is 1. The van der Waals surface area contributed by atoms with Crippen LogP contribution in [-0.4, -0.2) is 16.1 Å². The van der Waals surface area contributed by atoms with Gasteiger partial charge in [0.25, 0.3) is 0 Å². The second-order valence-corrected chi connectivity index (χ2v) is 6.26. The summed E-state index contributed by atoms with van der Waals surface area (Å²) in [7, 11) is 0. The molecule has 0 aliphatic carbocycles. The van der Waals surface area contributed by atoms with Gasteiger partial charge in [0.05, 0.1) is 0 Å². The lowest BCUT2D eigenvalue weighted by Crippen LogP contribution is -2.18. The summed E-state index contributed by atoms with van der Waals surface area (Å²) in [5.41, 5.74) is 7.90. The van der Waals surface area contributed by atoms with E-state index in [2.05, 4.69) is 26.1 Å². The molecule has 0 saturated heterocycles. The first-order chi connectivity index (χ1) is 8.16. The molecule has 2 N–H and O–H groups in total. The van der Waals surface area contributed by atoms with Crippen LogP contribution in [0.25, 0.3) is 0 Å². The van der Waals surface area contributed by atoms with Gasteiger partial charge < -0.3 is 5.73 Å². The molecule has 0 bridgehead atoms. The quantitative estimate of drug-likeness (QED) is 0.875. The number of primary amides is 1. The number of hydrogen-bond donors (Lipinski definition) is 1. The van der Waals surface area contributed by atoms with Crippen molar-refractivity contribution in [1.82, 2.24) is 10.2 Å². The zero-order valence-corrected chi connectivity index (χ0v) is 11.8. The fourth-order valence-corrected chi connectivity index (χ4v) is 3.13. The van der Waals surface area contributed by atoms with E-state index in [1.165, 1.54) is 23.1 Å². The Bertz CT molecular complexity index is 501. The number of hydrogen-bond acceptors (Lipinski definition) is 5. The molecule has 0 saturated carbocycles. The Kier molecular flexibility index (Phi) is 4.14. The van der Waals surface area contributed by atoms with Gasteiger partial charge in [-0.1, -0.05) is 51.2 Å². The molecule has 1 atom stereocenters. The van der Waals surface area contributed by atoms with Crippen molar-refractivity contribution in [2.75, 3.05) is 0 Å². The molecule has 17 heavy (non-hydrogen) atoms. The molecule has 0 unspecified atom stereocenters. The maximum absolute atomic E-state index is 11.5. The van der Waals surface area contributed by atoms with Crippen LogP contribution in [0.3, 0.4) is 0 Å². The molecule has 88 valence electrons. The van der Waals surface area contributed by atoms with Gasteiger partial charge in [-0.2, -0.15) is 0 Å². The standard InChI is InChI=1S/C10H8BrN3OS2/c11-7-3-1-6(2-4-7)8(9(12)15)17-10-14-13-5-16-10/h1-5,8H,(H2,12,15)/t8-/m1/s1. The van der Waals surface area contributed by atoms with Crippen LogP contribution in [0, 0.1) is 0 Å². The smallest absolute Gasteiger partial charge is 0.235 e. The highest BCUT2D eigenvalue weighted by atomic mass is 79.9. The van der Waals surface area contributed by atoms with E-state index >= 15 is 0 Å². The highest BCUT2D eigenvalue weighted by molar-refractivity contribution is 9.10. The molecule has 1 heterocycles. The number of thioether (sulfide) groups is 1. The number of aromatic nitrogens is 2. The Morgan fingerprint density at radius 1 is 1.41 bits per heavy atom. The number of benzene rings is 1. The Morgan fingerprint density at radius 2 is 2.12 bits per heavy atom. The first-order valence-electron chi connectivity index (χ1n) is 4.64. The number of nitrogens with zero attached hydrogens (tertiary/aromatic N) is 2. The predicted octanol–water partition coefficient (Wildman–Crippen LogP) is 2.62. The molecule has 0 radical (unpaired) electrons. The first kappa shape index (κ1) is 12.5. The van der Waals surface area contributed by atoms with Crippen LogP contribution in [-0.2, 0) is 4.79 Å². The summed E-state index contributed by atoms with van der Waals surface area (Å²) in [5, 5.41) is 7.19. The van der Waals surface area contributed by atoms with Gasteiger partial charge in [-0.25, -0.2) is 0 Å². The third-order valence-corrected chi connectivity index (χ3v) is 4.60. The monoisotopic (exact) mass is 329 g/mol. The number of nitrogens with two attached hydrogens (primary N) is 1. The molecule has 2 rings (SSSR count). The molecular formula is C10H8BrN3OS2. The lowest BCUT2D eigenvalue weighted by atomic mass is 10.1. The van der Waals surface area contributed by atoms with E-state index in [1.807, 2.05) is 24.3 Å². The van der Waals surface area contributed by atoms with Gasteiger partial charge in [-0.15, -0.1) is 10.2 Å². The van der Waals surface area contributed by atoms with E-state index < -0.39 is 5.25 Å². The molecular weight excluding hydrogens is 322 g/mol. The minimum Gasteiger partial charge on any atom is -0.368 e. The molecule has 0 spiro atoms. The summed E-state index contributed by atoms with van der Waals surface area (Å²) >= 11 is 6.06. The number of rotatable bonds is 4. The zero-order valence-electron chi connectivity index (χ0n) is 8.54. The highest BCUT2D eigenvalue weighted by Crippen LogP contribution is 2.35. The molecule has 1 aromatic carbocycles. The first-order valence-corrected chi connectivity index (χ1v) is 7.19. The van der Waals surface area contributed by atoms with Crippen molar-refractivity contribution in [2.24, 2.45) is 5.73 Å². The second-order valence-electron chi connectivity index (χ2n) is 3.16. The van der Waals surface area contributed by atoms with E-state index in [1.54, 1.807) is 5.51 Å². The van der Waals surface area contributed by atoms with Gasteiger partial charge in [0, 0.05) is 4.47 Å². The summed E-state index contributed by atoms with van der Waals surface area (Å²) in [6.45, 7) is 0. The van der Waals surface area contributed by atoms with Crippen molar-refractivity contribution >= 4 is 44.9 Å². The highest BCUT2D eigenvalue weighted by Gasteiger charge is 2.20. The summed E-state index contributed by atoms with van der Waals surface area (Å²) in [5.74, 6) is -0.382. The summed E-state index contributed by atoms with van der Waals surface area (Å²) < 4.78 is 1.70. The Morgan fingerprint density at radius 3 is 2.65 bits per heavy atom. The molecule has 0 fully saturated rings. The van der Waals surface area contributed by atoms with E-state index in [0.29, 0.717) is 0 Å². The van der Waals surface area contributed by atoms with Crippen LogP contribution in [0.4, 0.5) is 0 Å². The lowest BCUT2D eigenvalue weighted by Gasteiger charge is -2.11. The van der Waals surface area contributed by atoms with Gasteiger partial charge >= 0.3 is 0 Å². The minimum atomic E-state index is -0.434. The molecule has 7 heteroatoms. The molecule has 4 nitrogen and oxygen atoms in total. The average Bonchev–Trinajstić information content (AvgIpc) is 2.80. The van der Waals surface area contributed by atoms with Crippen molar-refractivity contribution in [3.63, 3.8) is 0 Å². The van der Waals surface area contributed by atoms with Crippen molar-refractivity contribution in [2.45, 2.75) is 9.59 Å². The largest absolute Gasteiger partial charge is 0.368 e. The predicted molar refractivity (Wildman–Crippen MR) is 71.8 cm³/mol. The SMILES string of the molecule is NC(=O)[C@H](Sc1nncs1)c1ccc(Br)cc1. The maximum atomic E-state index is 11.5. The molecule has 0 aliphatic heterocycles. The van der Waals surface area contributed by atoms with Gasteiger partial charge in [-0.3, -0.25) is 4.79 Å². The van der Waals surface area contributed by atoms with Crippen LogP contribution >= 0.6 is 39.0 Å². The van der Waals surface area contributed by atoms with E-state index in [9.17, 15) is 4.79 Å². The third-order valence-electron chi connectivity index (χ3n) is 1.99. The minimum absolute atomic E-state index is 0.382. The average molecular weight is 330 g/mol. The lowest BCUT2D eigenvalue weighted by molar-refractivity contribution is -0.117. The second kappa shape index (κ2) is 5.61. The maximum Gasteiger partial charge on any atom is 0.235 e. The number of halogens is 1. The van der Waals surface area contributed by atoms with Crippen molar-refractivity contribution in [3.05, 3.63) is 39.8 Å². The van der Waals surface area contributed by atoms with Crippen LogP contribution in [0.1, 0.15) is 10.8 Å². The van der Waals surface area contributed by atoms with Crippen molar-refractivity contribution in [1.29, 1.82) is 0 Å². The van der Waals surface area contributed by atoms with Crippen molar-refractivity contribution < 1.29 is 4.79 Å². The van der Waals surface area contributed by atoms with Crippen LogP contribution in [0.5, 0.6) is 0 Å². The normalized spacial score (nSPS) is 12.3. The van der Waals surface area contributed by atoms with Gasteiger partial charge in [0.2, 0.25) is 5.91 Å². The van der Waals surface area contributed by atoms with Gasteiger partial charge in [0.15, 0.2) is 4.34 Å². The van der Waals surface area contributed by atoms with Crippen LogP contribution < -0.4 is 5.73 Å². The molecule has 2 aromatic rings. The van der Waals surface area contributed by atoms with Gasteiger partial charge in [-0.05, 0) is 17.7 Å². The van der Waals surface area contributed by atoms with E-state index in [-0.39, 0.29) is 5.91 Å².